The van der Waals surface area contributed by atoms with Gasteiger partial charge in [0.2, 0.25) is 10.0 Å². The van der Waals surface area contributed by atoms with Gasteiger partial charge in [-0.1, -0.05) is 17.7 Å². The van der Waals surface area contributed by atoms with Crippen LogP contribution in [0.1, 0.15) is 19.4 Å². The number of sulfonamides is 1. The molecule has 1 aromatic heterocycles. The second kappa shape index (κ2) is 6.39. The van der Waals surface area contributed by atoms with Crippen molar-refractivity contribution in [3.05, 3.63) is 29.0 Å². The van der Waals surface area contributed by atoms with Crippen LogP contribution in [-0.2, 0) is 15.8 Å². The number of hydrogen-bond acceptors (Lipinski definition) is 4. The molecule has 0 aromatic carbocycles. The van der Waals surface area contributed by atoms with Crippen LogP contribution in [0.5, 0.6) is 0 Å². The van der Waals surface area contributed by atoms with E-state index in [1.807, 2.05) is 0 Å². The Labute approximate surface area is 125 Å². The monoisotopic (exact) mass is 317 g/mol. The summed E-state index contributed by atoms with van der Waals surface area (Å²) in [5, 5.41) is 0.372. The van der Waals surface area contributed by atoms with Gasteiger partial charge in [-0.3, -0.25) is 4.90 Å². The van der Waals surface area contributed by atoms with Gasteiger partial charge in [0.1, 0.15) is 5.15 Å². The summed E-state index contributed by atoms with van der Waals surface area (Å²) in [6.07, 6.45) is 1.52. The first-order valence-electron chi connectivity index (χ1n) is 6.71. The molecule has 0 aliphatic carbocycles. The van der Waals surface area contributed by atoms with Crippen LogP contribution in [-0.4, -0.2) is 54.8 Å². The number of halogens is 1. The Kier molecular flexibility index (Phi) is 5.01. The largest absolute Gasteiger partial charge is 0.298 e. The maximum Gasteiger partial charge on any atom is 0.218 e. The van der Waals surface area contributed by atoms with E-state index in [9.17, 15) is 8.42 Å². The predicted molar refractivity (Wildman–Crippen MR) is 80.2 cm³/mol. The Morgan fingerprint density at radius 3 is 2.40 bits per heavy atom. The molecule has 2 heterocycles. The van der Waals surface area contributed by atoms with E-state index >= 15 is 0 Å². The van der Waals surface area contributed by atoms with Crippen molar-refractivity contribution in [2.24, 2.45) is 0 Å². The van der Waals surface area contributed by atoms with E-state index in [0.717, 1.165) is 13.1 Å². The third kappa shape index (κ3) is 3.91. The van der Waals surface area contributed by atoms with Gasteiger partial charge in [0, 0.05) is 38.4 Å². The summed E-state index contributed by atoms with van der Waals surface area (Å²) < 4.78 is 26.3. The van der Waals surface area contributed by atoms with Crippen LogP contribution in [0.15, 0.2) is 18.3 Å². The molecule has 2 rings (SSSR count). The molecule has 1 fully saturated rings. The van der Waals surface area contributed by atoms with Gasteiger partial charge in [0.05, 0.1) is 5.75 Å². The number of aromatic nitrogens is 1. The fourth-order valence-corrected chi connectivity index (χ4v) is 3.90. The first kappa shape index (κ1) is 15.7. The maximum atomic E-state index is 12.4. The van der Waals surface area contributed by atoms with Gasteiger partial charge in [-0.25, -0.2) is 13.4 Å². The van der Waals surface area contributed by atoms with E-state index in [4.69, 9.17) is 11.6 Å². The minimum absolute atomic E-state index is 0.0150. The Bertz CT molecular complexity index is 537. The predicted octanol–water partition coefficient (Wildman–Crippen LogP) is 1.59. The van der Waals surface area contributed by atoms with E-state index in [0.29, 0.717) is 29.8 Å². The van der Waals surface area contributed by atoms with Gasteiger partial charge in [-0.15, -0.1) is 0 Å². The van der Waals surface area contributed by atoms with Crippen molar-refractivity contribution >= 4 is 21.6 Å². The Morgan fingerprint density at radius 2 is 1.90 bits per heavy atom. The van der Waals surface area contributed by atoms with E-state index in [1.54, 1.807) is 16.4 Å². The molecule has 0 bridgehead atoms. The molecule has 1 aromatic rings. The molecule has 1 saturated heterocycles. The van der Waals surface area contributed by atoms with E-state index in [2.05, 4.69) is 23.7 Å². The first-order chi connectivity index (χ1) is 9.38. The second-order valence-corrected chi connectivity index (χ2v) is 7.63. The van der Waals surface area contributed by atoms with Crippen LogP contribution in [0.4, 0.5) is 0 Å². The number of pyridine rings is 1. The van der Waals surface area contributed by atoms with Crippen molar-refractivity contribution in [2.45, 2.75) is 25.6 Å². The summed E-state index contributed by atoms with van der Waals surface area (Å²) in [7, 11) is -3.27. The van der Waals surface area contributed by atoms with E-state index < -0.39 is 10.0 Å². The zero-order valence-electron chi connectivity index (χ0n) is 11.8. The molecule has 1 aliphatic heterocycles. The molecule has 0 N–H and O–H groups in total. The third-order valence-corrected chi connectivity index (χ3v) is 5.61. The van der Waals surface area contributed by atoms with Crippen molar-refractivity contribution < 1.29 is 8.42 Å². The second-order valence-electron chi connectivity index (χ2n) is 5.27. The molecule has 0 amide bonds. The quantitative estimate of drug-likeness (QED) is 0.791. The van der Waals surface area contributed by atoms with Gasteiger partial charge < -0.3 is 0 Å². The van der Waals surface area contributed by atoms with Crippen LogP contribution in [0.2, 0.25) is 5.15 Å². The van der Waals surface area contributed by atoms with Crippen LogP contribution >= 0.6 is 11.6 Å². The fraction of sp³-hybridized carbons (Fsp3) is 0.615. The Hall–Kier alpha value is -0.690. The summed E-state index contributed by atoms with van der Waals surface area (Å²) in [4.78, 5) is 6.21. The summed E-state index contributed by atoms with van der Waals surface area (Å²) >= 11 is 5.70. The molecule has 1 aliphatic rings. The van der Waals surface area contributed by atoms with Crippen LogP contribution in [0.25, 0.3) is 0 Å². The average molecular weight is 318 g/mol. The minimum Gasteiger partial charge on any atom is -0.298 e. The summed E-state index contributed by atoms with van der Waals surface area (Å²) in [5.41, 5.74) is 0.667. The van der Waals surface area contributed by atoms with Crippen LogP contribution in [0, 0.1) is 0 Å². The van der Waals surface area contributed by atoms with E-state index in [-0.39, 0.29) is 5.75 Å². The van der Waals surface area contributed by atoms with Crippen molar-refractivity contribution in [2.75, 3.05) is 26.2 Å². The van der Waals surface area contributed by atoms with Crippen LogP contribution < -0.4 is 0 Å². The normalized spacial score (nSPS) is 18.6. The lowest BCUT2D eigenvalue weighted by Crippen LogP contribution is -2.50. The highest BCUT2D eigenvalue weighted by Gasteiger charge is 2.27. The fourth-order valence-electron chi connectivity index (χ4n) is 2.29. The molecule has 20 heavy (non-hydrogen) atoms. The van der Waals surface area contributed by atoms with Gasteiger partial charge in [0.25, 0.3) is 0 Å². The highest BCUT2D eigenvalue weighted by atomic mass is 35.5. The molecule has 0 radical (unpaired) electrons. The highest BCUT2D eigenvalue weighted by Crippen LogP contribution is 2.15. The number of piperazine rings is 1. The molecule has 112 valence electrons. The lowest BCUT2D eigenvalue weighted by molar-refractivity contribution is 0.154. The minimum atomic E-state index is -3.27. The summed E-state index contributed by atoms with van der Waals surface area (Å²) in [6, 6.07) is 3.78. The highest BCUT2D eigenvalue weighted by molar-refractivity contribution is 7.88. The van der Waals surface area contributed by atoms with Gasteiger partial charge in [0.15, 0.2) is 0 Å². The van der Waals surface area contributed by atoms with Gasteiger partial charge >= 0.3 is 0 Å². The van der Waals surface area contributed by atoms with Gasteiger partial charge in [-0.05, 0) is 25.5 Å². The van der Waals surface area contributed by atoms with E-state index in [1.165, 1.54) is 6.20 Å². The van der Waals surface area contributed by atoms with Crippen molar-refractivity contribution in [3.8, 4) is 0 Å². The lowest BCUT2D eigenvalue weighted by Gasteiger charge is -2.36. The van der Waals surface area contributed by atoms with Crippen molar-refractivity contribution in [1.29, 1.82) is 0 Å². The molecule has 5 nitrogen and oxygen atoms in total. The van der Waals surface area contributed by atoms with Crippen molar-refractivity contribution in [1.82, 2.24) is 14.2 Å². The first-order valence-corrected chi connectivity index (χ1v) is 8.69. The summed E-state index contributed by atoms with van der Waals surface area (Å²) in [6.45, 7) is 6.95. The molecule has 0 spiro atoms. The Balaban J connectivity index is 1.99. The summed E-state index contributed by atoms with van der Waals surface area (Å²) in [5.74, 6) is -0.0150. The molecular formula is C13H20ClN3O2S. The van der Waals surface area contributed by atoms with Crippen LogP contribution in [0.3, 0.4) is 0 Å². The van der Waals surface area contributed by atoms with Gasteiger partial charge in [-0.2, -0.15) is 4.31 Å². The Morgan fingerprint density at radius 1 is 1.25 bits per heavy atom. The number of nitrogens with zero attached hydrogens (tertiary/aromatic N) is 3. The molecule has 0 saturated carbocycles. The standard InChI is InChI=1S/C13H20ClN3O2S/c1-11(2)16-5-7-17(8-6-16)20(18,19)10-12-3-4-13(14)15-9-12/h3-4,9,11H,5-8,10H2,1-2H3. The number of hydrogen-bond donors (Lipinski definition) is 0. The average Bonchev–Trinajstić information content (AvgIpc) is 2.41. The zero-order chi connectivity index (χ0) is 14.8. The molecule has 7 heteroatoms. The molecular weight excluding hydrogens is 298 g/mol. The lowest BCUT2D eigenvalue weighted by atomic mass is 10.3. The topological polar surface area (TPSA) is 53.5 Å². The maximum absolute atomic E-state index is 12.4. The van der Waals surface area contributed by atoms with Crippen molar-refractivity contribution in [3.63, 3.8) is 0 Å². The molecule has 0 atom stereocenters. The smallest absolute Gasteiger partial charge is 0.218 e. The molecule has 0 unspecified atom stereocenters. The number of rotatable bonds is 4. The third-order valence-electron chi connectivity index (χ3n) is 3.53. The zero-order valence-corrected chi connectivity index (χ0v) is 13.4. The SMILES string of the molecule is CC(C)N1CCN(S(=O)(=O)Cc2ccc(Cl)nc2)CC1.